The van der Waals surface area contributed by atoms with Crippen LogP contribution in [0, 0.1) is 0 Å². The Morgan fingerprint density at radius 3 is 2.93 bits per heavy atom. The molecule has 0 aliphatic heterocycles. The molecule has 0 aliphatic rings. The first kappa shape index (κ1) is 9.51. The summed E-state index contributed by atoms with van der Waals surface area (Å²) >= 11 is 0. The lowest BCUT2D eigenvalue weighted by molar-refractivity contribution is 0.417. The molecule has 5 nitrogen and oxygen atoms in total. The maximum absolute atomic E-state index is 5.79. The molecule has 3 N–H and O–H groups in total. The molecule has 78 valence electrons. The number of nitrogens with one attached hydrogen (secondary N) is 1. The highest BCUT2D eigenvalue weighted by molar-refractivity contribution is 5.54. The van der Waals surface area contributed by atoms with E-state index in [0.29, 0.717) is 17.9 Å². The number of nitrogens with two attached hydrogens (primary N) is 1. The van der Waals surface area contributed by atoms with Crippen LogP contribution in [0.5, 0.6) is 5.75 Å². The van der Waals surface area contributed by atoms with Gasteiger partial charge in [-0.1, -0.05) is 6.07 Å². The van der Waals surface area contributed by atoms with Crippen molar-refractivity contribution in [3.63, 3.8) is 0 Å². The molecule has 0 fully saturated rings. The molecule has 1 aromatic carbocycles. The van der Waals surface area contributed by atoms with Crippen molar-refractivity contribution in [1.82, 2.24) is 15.2 Å². The summed E-state index contributed by atoms with van der Waals surface area (Å²) in [4.78, 5) is 4.05. The van der Waals surface area contributed by atoms with Crippen LogP contribution < -0.4 is 10.5 Å². The number of aromatic nitrogens is 3. The van der Waals surface area contributed by atoms with Gasteiger partial charge in [0.05, 0.1) is 12.8 Å². The standard InChI is InChI=1S/C10H12N4O/c1-15-9-3-2-7(4-8(9)11)5-10-12-6-13-14-10/h2-4,6H,5,11H2,1H3,(H,12,13,14). The number of rotatable bonds is 3. The summed E-state index contributed by atoms with van der Waals surface area (Å²) in [5.41, 5.74) is 7.50. The molecule has 0 bridgehead atoms. The Hall–Kier alpha value is -2.04. The highest BCUT2D eigenvalue weighted by atomic mass is 16.5. The molecule has 0 amide bonds. The Morgan fingerprint density at radius 2 is 2.33 bits per heavy atom. The number of aromatic amines is 1. The van der Waals surface area contributed by atoms with Crippen molar-refractivity contribution in [1.29, 1.82) is 0 Å². The number of hydrogen-bond donors (Lipinski definition) is 2. The number of anilines is 1. The van der Waals surface area contributed by atoms with Gasteiger partial charge in [0.15, 0.2) is 0 Å². The normalized spacial score (nSPS) is 10.2. The summed E-state index contributed by atoms with van der Waals surface area (Å²) in [6.45, 7) is 0. The maximum Gasteiger partial charge on any atom is 0.141 e. The summed E-state index contributed by atoms with van der Waals surface area (Å²) in [5, 5.41) is 6.58. The Bertz CT molecular complexity index is 439. The van der Waals surface area contributed by atoms with Gasteiger partial charge in [0.2, 0.25) is 0 Å². The SMILES string of the molecule is COc1ccc(Cc2ncn[nH]2)cc1N. The molecule has 0 unspecified atom stereocenters. The van der Waals surface area contributed by atoms with Crippen LogP contribution >= 0.6 is 0 Å². The van der Waals surface area contributed by atoms with Crippen molar-refractivity contribution in [2.75, 3.05) is 12.8 Å². The first-order chi connectivity index (χ1) is 7.29. The van der Waals surface area contributed by atoms with Crippen molar-refractivity contribution in [3.8, 4) is 5.75 Å². The number of nitrogen functional groups attached to an aromatic ring is 1. The van der Waals surface area contributed by atoms with Crippen LogP contribution in [0.15, 0.2) is 24.5 Å². The molecule has 0 spiro atoms. The van der Waals surface area contributed by atoms with Crippen LogP contribution in [-0.4, -0.2) is 22.3 Å². The van der Waals surface area contributed by atoms with Gasteiger partial charge in [0.1, 0.15) is 17.9 Å². The number of hydrogen-bond acceptors (Lipinski definition) is 4. The topological polar surface area (TPSA) is 76.8 Å². The molecule has 1 heterocycles. The monoisotopic (exact) mass is 204 g/mol. The second-order valence-corrected chi connectivity index (χ2v) is 3.19. The van der Waals surface area contributed by atoms with E-state index >= 15 is 0 Å². The third-order valence-electron chi connectivity index (χ3n) is 2.13. The third-order valence-corrected chi connectivity index (χ3v) is 2.13. The van der Waals surface area contributed by atoms with Gasteiger partial charge in [-0.3, -0.25) is 5.10 Å². The van der Waals surface area contributed by atoms with Crippen LogP contribution in [-0.2, 0) is 6.42 Å². The Labute approximate surface area is 87.3 Å². The van der Waals surface area contributed by atoms with Gasteiger partial charge in [0.25, 0.3) is 0 Å². The van der Waals surface area contributed by atoms with Gasteiger partial charge < -0.3 is 10.5 Å². The van der Waals surface area contributed by atoms with E-state index in [4.69, 9.17) is 10.5 Å². The highest BCUT2D eigenvalue weighted by Gasteiger charge is 2.02. The van der Waals surface area contributed by atoms with Crippen LogP contribution in [0.4, 0.5) is 5.69 Å². The van der Waals surface area contributed by atoms with E-state index in [0.717, 1.165) is 11.4 Å². The molecule has 1 aromatic heterocycles. The third kappa shape index (κ3) is 2.07. The van der Waals surface area contributed by atoms with Crippen LogP contribution in [0.3, 0.4) is 0 Å². The average Bonchev–Trinajstić information content (AvgIpc) is 2.71. The minimum Gasteiger partial charge on any atom is -0.495 e. The van der Waals surface area contributed by atoms with Crippen molar-refractivity contribution >= 4 is 5.69 Å². The molecule has 5 heteroatoms. The molecule has 0 atom stereocenters. The molecule has 2 aromatic rings. The largest absolute Gasteiger partial charge is 0.495 e. The fraction of sp³-hybridized carbons (Fsp3) is 0.200. The van der Waals surface area contributed by atoms with Crippen LogP contribution in [0.2, 0.25) is 0 Å². The zero-order valence-electron chi connectivity index (χ0n) is 8.40. The van der Waals surface area contributed by atoms with E-state index in [9.17, 15) is 0 Å². The first-order valence-corrected chi connectivity index (χ1v) is 4.56. The van der Waals surface area contributed by atoms with E-state index in [1.165, 1.54) is 6.33 Å². The Morgan fingerprint density at radius 1 is 1.47 bits per heavy atom. The summed E-state index contributed by atoms with van der Waals surface area (Å²) in [7, 11) is 1.60. The summed E-state index contributed by atoms with van der Waals surface area (Å²) in [6, 6.07) is 5.68. The number of ether oxygens (including phenoxy) is 1. The van der Waals surface area contributed by atoms with Crippen molar-refractivity contribution in [2.45, 2.75) is 6.42 Å². The molecule has 0 radical (unpaired) electrons. The zero-order chi connectivity index (χ0) is 10.7. The smallest absolute Gasteiger partial charge is 0.141 e. The minimum absolute atomic E-state index is 0.634. The van der Waals surface area contributed by atoms with E-state index in [1.807, 2.05) is 18.2 Å². The number of benzene rings is 1. The fourth-order valence-electron chi connectivity index (χ4n) is 1.40. The van der Waals surface area contributed by atoms with E-state index in [1.54, 1.807) is 7.11 Å². The lowest BCUT2D eigenvalue weighted by Crippen LogP contribution is -1.96. The molecule has 15 heavy (non-hydrogen) atoms. The maximum atomic E-state index is 5.79. The van der Waals surface area contributed by atoms with Crippen molar-refractivity contribution in [2.24, 2.45) is 0 Å². The Balaban J connectivity index is 2.20. The van der Waals surface area contributed by atoms with Gasteiger partial charge in [-0.05, 0) is 17.7 Å². The first-order valence-electron chi connectivity index (χ1n) is 4.56. The van der Waals surface area contributed by atoms with E-state index in [-0.39, 0.29) is 0 Å². The summed E-state index contributed by atoms with van der Waals surface area (Å²) in [5.74, 6) is 1.51. The predicted molar refractivity (Wildman–Crippen MR) is 56.6 cm³/mol. The van der Waals surface area contributed by atoms with E-state index in [2.05, 4.69) is 15.2 Å². The highest BCUT2D eigenvalue weighted by Crippen LogP contribution is 2.22. The summed E-state index contributed by atoms with van der Waals surface area (Å²) in [6.07, 6.45) is 2.18. The second-order valence-electron chi connectivity index (χ2n) is 3.19. The van der Waals surface area contributed by atoms with Gasteiger partial charge in [-0.25, -0.2) is 4.98 Å². The van der Waals surface area contributed by atoms with Gasteiger partial charge in [0, 0.05) is 6.42 Å². The van der Waals surface area contributed by atoms with Gasteiger partial charge >= 0.3 is 0 Å². The number of methoxy groups -OCH3 is 1. The van der Waals surface area contributed by atoms with Gasteiger partial charge in [-0.2, -0.15) is 5.10 Å². The van der Waals surface area contributed by atoms with E-state index < -0.39 is 0 Å². The average molecular weight is 204 g/mol. The molecular weight excluding hydrogens is 192 g/mol. The van der Waals surface area contributed by atoms with Crippen molar-refractivity contribution in [3.05, 3.63) is 35.9 Å². The molecule has 0 saturated carbocycles. The van der Waals surface area contributed by atoms with Gasteiger partial charge in [-0.15, -0.1) is 0 Å². The molecule has 0 aliphatic carbocycles. The lowest BCUT2D eigenvalue weighted by atomic mass is 10.1. The van der Waals surface area contributed by atoms with Crippen molar-refractivity contribution < 1.29 is 4.74 Å². The lowest BCUT2D eigenvalue weighted by Gasteiger charge is -2.05. The zero-order valence-corrected chi connectivity index (χ0v) is 8.40. The van der Waals surface area contributed by atoms with Crippen LogP contribution in [0.1, 0.15) is 11.4 Å². The number of H-pyrrole nitrogens is 1. The van der Waals surface area contributed by atoms with Crippen LogP contribution in [0.25, 0.3) is 0 Å². The molecule has 0 saturated heterocycles. The number of nitrogens with zero attached hydrogens (tertiary/aromatic N) is 2. The Kier molecular flexibility index (Phi) is 2.53. The minimum atomic E-state index is 0.634. The quantitative estimate of drug-likeness (QED) is 0.731. The summed E-state index contributed by atoms with van der Waals surface area (Å²) < 4.78 is 5.07. The molecular formula is C10H12N4O. The molecule has 2 rings (SSSR count). The second kappa shape index (κ2) is 4.00. The fourth-order valence-corrected chi connectivity index (χ4v) is 1.40. The predicted octanol–water partition coefficient (Wildman–Crippen LogP) is 0.986.